The molecule has 0 saturated carbocycles. The Morgan fingerprint density at radius 3 is 2.83 bits per heavy atom. The fraction of sp³-hybridized carbons (Fsp3) is 0.263. The molecule has 1 fully saturated rings. The average Bonchev–Trinajstić information content (AvgIpc) is 3.09. The number of halogens is 1. The Bertz CT molecular complexity index is 846. The summed E-state index contributed by atoms with van der Waals surface area (Å²) in [4.78, 5) is 10.8. The third-order valence-corrected chi connectivity index (χ3v) is 4.58. The van der Waals surface area contributed by atoms with Gasteiger partial charge in [0.25, 0.3) is 0 Å². The smallest absolute Gasteiger partial charge is 0.146 e. The first kappa shape index (κ1) is 14.9. The van der Waals surface area contributed by atoms with Crippen LogP contribution >= 0.6 is 0 Å². The molecule has 1 aromatic heterocycles. The minimum atomic E-state index is -0.145. The number of anilines is 2. The molecule has 4 nitrogen and oxygen atoms in total. The first-order valence-electron chi connectivity index (χ1n) is 8.24. The summed E-state index contributed by atoms with van der Waals surface area (Å²) in [6.45, 7) is 2.57. The predicted octanol–water partition coefficient (Wildman–Crippen LogP) is 3.71. The molecule has 1 aliphatic heterocycles. The third-order valence-electron chi connectivity index (χ3n) is 4.58. The highest BCUT2D eigenvalue weighted by Crippen LogP contribution is 2.27. The van der Waals surface area contributed by atoms with Gasteiger partial charge >= 0.3 is 0 Å². The number of para-hydroxylation sites is 2. The van der Waals surface area contributed by atoms with Crippen LogP contribution in [0.3, 0.4) is 0 Å². The van der Waals surface area contributed by atoms with E-state index in [2.05, 4.69) is 20.2 Å². The molecule has 24 heavy (non-hydrogen) atoms. The fourth-order valence-corrected chi connectivity index (χ4v) is 3.31. The molecule has 0 aliphatic carbocycles. The number of benzene rings is 2. The van der Waals surface area contributed by atoms with E-state index in [4.69, 9.17) is 0 Å². The monoisotopic (exact) mass is 322 g/mol. The number of rotatable bonds is 4. The quantitative estimate of drug-likeness (QED) is 0.795. The SMILES string of the molecule is Fc1ccccc1N1CCC(CNc2ncnc3ccccc23)C1. The molecule has 3 aromatic rings. The van der Waals surface area contributed by atoms with Crippen LogP contribution in [0.5, 0.6) is 0 Å². The van der Waals surface area contributed by atoms with Crippen LogP contribution in [0.15, 0.2) is 54.9 Å². The zero-order valence-corrected chi connectivity index (χ0v) is 13.3. The first-order chi connectivity index (χ1) is 11.8. The second-order valence-corrected chi connectivity index (χ2v) is 6.17. The maximum atomic E-state index is 13.9. The van der Waals surface area contributed by atoms with Crippen molar-refractivity contribution in [3.63, 3.8) is 0 Å². The molecule has 0 amide bonds. The van der Waals surface area contributed by atoms with Crippen LogP contribution in [0.1, 0.15) is 6.42 Å². The van der Waals surface area contributed by atoms with Crippen LogP contribution in [-0.4, -0.2) is 29.6 Å². The van der Waals surface area contributed by atoms with Crippen LogP contribution in [0.4, 0.5) is 15.9 Å². The average molecular weight is 322 g/mol. The molecule has 122 valence electrons. The van der Waals surface area contributed by atoms with Crippen LogP contribution in [0.2, 0.25) is 0 Å². The summed E-state index contributed by atoms with van der Waals surface area (Å²) in [6, 6.07) is 15.0. The van der Waals surface area contributed by atoms with Crippen molar-refractivity contribution in [2.24, 2.45) is 5.92 Å². The van der Waals surface area contributed by atoms with Gasteiger partial charge < -0.3 is 10.2 Å². The van der Waals surface area contributed by atoms with E-state index in [1.165, 1.54) is 6.07 Å². The summed E-state index contributed by atoms with van der Waals surface area (Å²) in [7, 11) is 0. The van der Waals surface area contributed by atoms with Gasteiger partial charge in [-0.3, -0.25) is 0 Å². The van der Waals surface area contributed by atoms with Gasteiger partial charge in [0, 0.05) is 25.0 Å². The lowest BCUT2D eigenvalue weighted by atomic mass is 10.1. The highest BCUT2D eigenvalue weighted by Gasteiger charge is 2.24. The molecule has 1 unspecified atom stereocenters. The van der Waals surface area contributed by atoms with Gasteiger partial charge in [-0.2, -0.15) is 0 Å². The second kappa shape index (κ2) is 6.43. The van der Waals surface area contributed by atoms with E-state index in [1.807, 2.05) is 36.4 Å². The lowest BCUT2D eigenvalue weighted by Gasteiger charge is -2.19. The van der Waals surface area contributed by atoms with Crippen LogP contribution < -0.4 is 10.2 Å². The van der Waals surface area contributed by atoms with Crippen molar-refractivity contribution in [3.05, 3.63) is 60.7 Å². The highest BCUT2D eigenvalue weighted by atomic mass is 19.1. The lowest BCUT2D eigenvalue weighted by molar-refractivity contribution is 0.610. The molecule has 5 heteroatoms. The van der Waals surface area contributed by atoms with Crippen LogP contribution in [0, 0.1) is 11.7 Å². The van der Waals surface area contributed by atoms with Gasteiger partial charge in [-0.1, -0.05) is 24.3 Å². The van der Waals surface area contributed by atoms with Crippen molar-refractivity contribution in [1.82, 2.24) is 9.97 Å². The summed E-state index contributed by atoms with van der Waals surface area (Å²) < 4.78 is 13.9. The van der Waals surface area contributed by atoms with Crippen molar-refractivity contribution in [2.45, 2.75) is 6.42 Å². The van der Waals surface area contributed by atoms with Crippen LogP contribution in [0.25, 0.3) is 10.9 Å². The van der Waals surface area contributed by atoms with Gasteiger partial charge in [-0.25, -0.2) is 14.4 Å². The topological polar surface area (TPSA) is 41.0 Å². The van der Waals surface area contributed by atoms with E-state index < -0.39 is 0 Å². The molecular formula is C19H19FN4. The van der Waals surface area contributed by atoms with Gasteiger partial charge in [-0.15, -0.1) is 0 Å². The van der Waals surface area contributed by atoms with Gasteiger partial charge in [0.15, 0.2) is 0 Å². The summed E-state index contributed by atoms with van der Waals surface area (Å²) in [6.07, 6.45) is 2.63. The Balaban J connectivity index is 1.43. The van der Waals surface area contributed by atoms with Gasteiger partial charge in [0.1, 0.15) is 18.0 Å². The molecule has 1 atom stereocenters. The molecule has 1 aliphatic rings. The number of nitrogens with one attached hydrogen (secondary N) is 1. The lowest BCUT2D eigenvalue weighted by Crippen LogP contribution is -2.23. The number of hydrogen-bond acceptors (Lipinski definition) is 4. The predicted molar refractivity (Wildman–Crippen MR) is 94.7 cm³/mol. The van der Waals surface area contributed by atoms with Crippen LogP contribution in [-0.2, 0) is 0 Å². The minimum Gasteiger partial charge on any atom is -0.369 e. The van der Waals surface area contributed by atoms with Crippen molar-refractivity contribution in [1.29, 1.82) is 0 Å². The molecule has 0 spiro atoms. The molecule has 2 heterocycles. The minimum absolute atomic E-state index is 0.145. The summed E-state index contributed by atoms with van der Waals surface area (Å²) >= 11 is 0. The van der Waals surface area contributed by atoms with Crippen molar-refractivity contribution in [2.75, 3.05) is 29.9 Å². The fourth-order valence-electron chi connectivity index (χ4n) is 3.31. The van der Waals surface area contributed by atoms with E-state index in [0.29, 0.717) is 11.6 Å². The van der Waals surface area contributed by atoms with E-state index >= 15 is 0 Å². The second-order valence-electron chi connectivity index (χ2n) is 6.17. The summed E-state index contributed by atoms with van der Waals surface area (Å²) in [5.74, 6) is 1.19. The standard InChI is InChI=1S/C19H19FN4/c20-16-6-2-4-8-18(16)24-10-9-14(12-24)11-21-19-15-5-1-3-7-17(15)22-13-23-19/h1-8,13-14H,9-12H2,(H,21,22,23). The number of hydrogen-bond donors (Lipinski definition) is 1. The van der Waals surface area contributed by atoms with E-state index in [9.17, 15) is 4.39 Å². The van der Waals surface area contributed by atoms with E-state index in [0.717, 1.165) is 42.8 Å². The highest BCUT2D eigenvalue weighted by molar-refractivity contribution is 5.88. The molecule has 1 N–H and O–H groups in total. The number of fused-ring (bicyclic) bond motifs is 1. The zero-order valence-electron chi connectivity index (χ0n) is 13.3. The summed E-state index contributed by atoms with van der Waals surface area (Å²) in [5, 5.41) is 4.48. The Hall–Kier alpha value is -2.69. The molecule has 0 radical (unpaired) electrons. The van der Waals surface area contributed by atoms with E-state index in [-0.39, 0.29) is 5.82 Å². The van der Waals surface area contributed by atoms with Crippen molar-refractivity contribution >= 4 is 22.4 Å². The Kier molecular flexibility index (Phi) is 3.99. The maximum absolute atomic E-state index is 13.9. The Morgan fingerprint density at radius 1 is 1.08 bits per heavy atom. The number of nitrogens with zero attached hydrogens (tertiary/aromatic N) is 3. The number of aromatic nitrogens is 2. The largest absolute Gasteiger partial charge is 0.369 e. The van der Waals surface area contributed by atoms with Gasteiger partial charge in [0.05, 0.1) is 11.2 Å². The van der Waals surface area contributed by atoms with E-state index in [1.54, 1.807) is 12.4 Å². The summed E-state index contributed by atoms with van der Waals surface area (Å²) in [5.41, 5.74) is 1.64. The molecular weight excluding hydrogens is 303 g/mol. The first-order valence-corrected chi connectivity index (χ1v) is 8.24. The molecule has 1 saturated heterocycles. The molecule has 4 rings (SSSR count). The van der Waals surface area contributed by atoms with Crippen molar-refractivity contribution < 1.29 is 4.39 Å². The third kappa shape index (κ3) is 2.89. The zero-order chi connectivity index (χ0) is 16.4. The maximum Gasteiger partial charge on any atom is 0.146 e. The Labute approximate surface area is 140 Å². The Morgan fingerprint density at radius 2 is 1.92 bits per heavy atom. The van der Waals surface area contributed by atoms with Gasteiger partial charge in [0.2, 0.25) is 0 Å². The molecule has 0 bridgehead atoms. The molecule has 2 aromatic carbocycles. The normalized spacial score (nSPS) is 17.4. The van der Waals surface area contributed by atoms with Crippen molar-refractivity contribution in [3.8, 4) is 0 Å². The van der Waals surface area contributed by atoms with Gasteiger partial charge in [-0.05, 0) is 36.6 Å².